The Morgan fingerprint density at radius 2 is 1.81 bits per heavy atom. The molecule has 10 heteroatoms. The maximum Gasteiger partial charge on any atom is 0.159 e. The highest BCUT2D eigenvalue weighted by Gasteiger charge is 2.17. The molecule has 1 aromatic carbocycles. The van der Waals surface area contributed by atoms with Gasteiger partial charge in [0.25, 0.3) is 0 Å². The average Bonchev–Trinajstić information content (AvgIpc) is 3.52. The molecule has 0 aliphatic heterocycles. The standard InChI is InChI=1S/C27H24FN9/c1-37(2)8-7-31-19-10-17(9-18(28)11-19)21-13-30-14-24-25(21)34-27(33-24)26-20-12-22(16-3-5-29-6-4-16)32-15-23(20)35-36-26/h3-6,9-15,31H,7-8H2,1-2H3,(H,33,34)(H,35,36). The van der Waals surface area contributed by atoms with Crippen molar-refractivity contribution in [2.24, 2.45) is 0 Å². The fraction of sp³-hybridized carbons (Fsp3) is 0.148. The Balaban J connectivity index is 1.41. The van der Waals surface area contributed by atoms with Gasteiger partial charge in [-0.2, -0.15) is 5.10 Å². The van der Waals surface area contributed by atoms with Crippen LogP contribution < -0.4 is 5.32 Å². The molecule has 6 aromatic rings. The first kappa shape index (κ1) is 22.7. The van der Waals surface area contributed by atoms with Gasteiger partial charge >= 0.3 is 0 Å². The molecule has 184 valence electrons. The van der Waals surface area contributed by atoms with E-state index < -0.39 is 0 Å². The van der Waals surface area contributed by atoms with Crippen molar-refractivity contribution in [1.82, 2.24) is 40.0 Å². The smallest absolute Gasteiger partial charge is 0.159 e. The van der Waals surface area contributed by atoms with Crippen LogP contribution in [0.15, 0.2) is 67.4 Å². The lowest BCUT2D eigenvalue weighted by Gasteiger charge is -2.12. The van der Waals surface area contributed by atoms with Crippen LogP contribution in [0.25, 0.3) is 55.8 Å². The third-order valence-electron chi connectivity index (χ3n) is 6.14. The summed E-state index contributed by atoms with van der Waals surface area (Å²) in [5.74, 6) is 0.259. The molecule has 5 heterocycles. The number of hydrogen-bond donors (Lipinski definition) is 3. The topological polar surface area (TPSA) is 111 Å². The minimum Gasteiger partial charge on any atom is -0.384 e. The number of aromatic nitrogens is 7. The molecular formula is C27H24FN9. The molecule has 5 aromatic heterocycles. The molecule has 0 amide bonds. The second-order valence-electron chi connectivity index (χ2n) is 9.05. The molecule has 37 heavy (non-hydrogen) atoms. The van der Waals surface area contributed by atoms with Gasteiger partial charge in [0.15, 0.2) is 5.82 Å². The number of anilines is 1. The molecule has 0 saturated carbocycles. The first-order valence-corrected chi connectivity index (χ1v) is 11.8. The quantitative estimate of drug-likeness (QED) is 0.295. The summed E-state index contributed by atoms with van der Waals surface area (Å²) in [5, 5.41) is 11.7. The van der Waals surface area contributed by atoms with E-state index in [0.29, 0.717) is 34.8 Å². The van der Waals surface area contributed by atoms with E-state index in [0.717, 1.165) is 39.8 Å². The summed E-state index contributed by atoms with van der Waals surface area (Å²) >= 11 is 0. The Morgan fingerprint density at radius 1 is 0.946 bits per heavy atom. The molecular weight excluding hydrogens is 469 g/mol. The van der Waals surface area contributed by atoms with Gasteiger partial charge in [0.2, 0.25) is 0 Å². The van der Waals surface area contributed by atoms with Crippen molar-refractivity contribution in [3.8, 4) is 33.9 Å². The van der Waals surface area contributed by atoms with E-state index in [1.807, 2.05) is 38.4 Å². The number of nitrogens with zero attached hydrogens (tertiary/aromatic N) is 6. The number of benzene rings is 1. The molecule has 0 fully saturated rings. The largest absolute Gasteiger partial charge is 0.384 e. The number of rotatable bonds is 7. The zero-order valence-electron chi connectivity index (χ0n) is 20.3. The van der Waals surface area contributed by atoms with Crippen molar-refractivity contribution in [1.29, 1.82) is 0 Å². The predicted octanol–water partition coefficient (Wildman–Crippen LogP) is 4.74. The highest BCUT2D eigenvalue weighted by atomic mass is 19.1. The van der Waals surface area contributed by atoms with Gasteiger partial charge in [0.1, 0.15) is 11.5 Å². The minimum atomic E-state index is -0.327. The SMILES string of the molecule is CN(C)CCNc1cc(F)cc(-c2cncc3[nH]c(-c4n[nH]c5cnc(-c6ccncc6)cc45)nc23)c1. The van der Waals surface area contributed by atoms with E-state index in [1.54, 1.807) is 31.0 Å². The Kier molecular flexibility index (Phi) is 5.78. The normalized spacial score (nSPS) is 11.6. The molecule has 0 aliphatic carbocycles. The molecule has 0 aliphatic rings. The Morgan fingerprint density at radius 3 is 2.65 bits per heavy atom. The number of hydrogen-bond acceptors (Lipinski definition) is 7. The summed E-state index contributed by atoms with van der Waals surface area (Å²) in [5.41, 5.74) is 6.79. The van der Waals surface area contributed by atoms with E-state index in [-0.39, 0.29) is 5.82 Å². The van der Waals surface area contributed by atoms with E-state index in [2.05, 4.69) is 40.3 Å². The van der Waals surface area contributed by atoms with Crippen molar-refractivity contribution >= 4 is 27.6 Å². The average molecular weight is 494 g/mol. The fourth-order valence-corrected chi connectivity index (χ4v) is 4.31. The lowest BCUT2D eigenvalue weighted by atomic mass is 10.1. The maximum absolute atomic E-state index is 14.6. The van der Waals surface area contributed by atoms with Crippen LogP contribution in [0.2, 0.25) is 0 Å². The maximum atomic E-state index is 14.6. The number of likely N-dealkylation sites (N-methyl/N-ethyl adjacent to an activating group) is 1. The van der Waals surface area contributed by atoms with E-state index in [1.165, 1.54) is 12.1 Å². The van der Waals surface area contributed by atoms with Crippen molar-refractivity contribution in [3.05, 3.63) is 73.2 Å². The molecule has 3 N–H and O–H groups in total. The van der Waals surface area contributed by atoms with Crippen LogP contribution in [-0.2, 0) is 0 Å². The van der Waals surface area contributed by atoms with Crippen molar-refractivity contribution < 1.29 is 4.39 Å². The first-order chi connectivity index (χ1) is 18.0. The van der Waals surface area contributed by atoms with Gasteiger partial charge in [-0.3, -0.25) is 20.1 Å². The zero-order chi connectivity index (χ0) is 25.4. The molecule has 0 atom stereocenters. The number of imidazole rings is 1. The lowest BCUT2D eigenvalue weighted by molar-refractivity contribution is 0.425. The Bertz CT molecular complexity index is 1710. The number of fused-ring (bicyclic) bond motifs is 2. The van der Waals surface area contributed by atoms with E-state index in [4.69, 9.17) is 4.98 Å². The van der Waals surface area contributed by atoms with Crippen LogP contribution in [0.1, 0.15) is 0 Å². The number of nitrogens with one attached hydrogen (secondary N) is 3. The number of aromatic amines is 2. The van der Waals surface area contributed by atoms with Crippen LogP contribution in [0.3, 0.4) is 0 Å². The molecule has 0 unspecified atom stereocenters. The van der Waals surface area contributed by atoms with Gasteiger partial charge in [0, 0.05) is 53.9 Å². The second kappa shape index (κ2) is 9.40. The van der Waals surface area contributed by atoms with Crippen LogP contribution in [-0.4, -0.2) is 67.2 Å². The molecule has 0 radical (unpaired) electrons. The van der Waals surface area contributed by atoms with Crippen molar-refractivity contribution in [2.45, 2.75) is 0 Å². The zero-order valence-corrected chi connectivity index (χ0v) is 20.3. The summed E-state index contributed by atoms with van der Waals surface area (Å²) < 4.78 is 14.6. The van der Waals surface area contributed by atoms with Crippen molar-refractivity contribution in [3.63, 3.8) is 0 Å². The summed E-state index contributed by atoms with van der Waals surface area (Å²) in [6.45, 7) is 1.54. The Labute approximate surface area is 211 Å². The van der Waals surface area contributed by atoms with Crippen LogP contribution >= 0.6 is 0 Å². The molecule has 9 nitrogen and oxygen atoms in total. The van der Waals surface area contributed by atoms with E-state index in [9.17, 15) is 4.39 Å². The van der Waals surface area contributed by atoms with Crippen molar-refractivity contribution in [2.75, 3.05) is 32.5 Å². The molecule has 0 spiro atoms. The fourth-order valence-electron chi connectivity index (χ4n) is 4.31. The third-order valence-corrected chi connectivity index (χ3v) is 6.14. The third kappa shape index (κ3) is 4.50. The number of halogens is 1. The second-order valence-corrected chi connectivity index (χ2v) is 9.05. The van der Waals surface area contributed by atoms with Gasteiger partial charge in [-0.05, 0) is 56.1 Å². The minimum absolute atomic E-state index is 0.327. The monoisotopic (exact) mass is 493 g/mol. The highest BCUT2D eigenvalue weighted by molar-refractivity contribution is 5.97. The van der Waals surface area contributed by atoms with Gasteiger partial charge < -0.3 is 15.2 Å². The lowest BCUT2D eigenvalue weighted by Crippen LogP contribution is -2.20. The summed E-state index contributed by atoms with van der Waals surface area (Å²) in [6.07, 6.45) is 8.65. The molecule has 0 bridgehead atoms. The number of pyridine rings is 3. The summed E-state index contributed by atoms with van der Waals surface area (Å²) in [7, 11) is 4.00. The number of H-pyrrole nitrogens is 2. The van der Waals surface area contributed by atoms with Crippen LogP contribution in [0.4, 0.5) is 10.1 Å². The molecule has 0 saturated heterocycles. The highest BCUT2D eigenvalue weighted by Crippen LogP contribution is 2.33. The molecule has 6 rings (SSSR count). The van der Waals surface area contributed by atoms with E-state index >= 15 is 0 Å². The van der Waals surface area contributed by atoms with Gasteiger partial charge in [0.05, 0.1) is 34.6 Å². The van der Waals surface area contributed by atoms with Gasteiger partial charge in [-0.1, -0.05) is 0 Å². The van der Waals surface area contributed by atoms with Gasteiger partial charge in [-0.25, -0.2) is 9.37 Å². The summed E-state index contributed by atoms with van der Waals surface area (Å²) in [6, 6.07) is 10.7. The first-order valence-electron chi connectivity index (χ1n) is 11.8. The summed E-state index contributed by atoms with van der Waals surface area (Å²) in [4.78, 5) is 23.3. The Hall–Kier alpha value is -4.70. The van der Waals surface area contributed by atoms with Gasteiger partial charge in [-0.15, -0.1) is 0 Å². The van der Waals surface area contributed by atoms with Crippen LogP contribution in [0, 0.1) is 5.82 Å². The van der Waals surface area contributed by atoms with Crippen LogP contribution in [0.5, 0.6) is 0 Å². The predicted molar refractivity (Wildman–Crippen MR) is 142 cm³/mol.